The summed E-state index contributed by atoms with van der Waals surface area (Å²) in [4.78, 5) is 25.3. The molecule has 4 aromatic rings. The molecule has 0 radical (unpaired) electrons. The second-order valence-corrected chi connectivity index (χ2v) is 6.82. The molecule has 5 nitrogen and oxygen atoms in total. The van der Waals surface area contributed by atoms with Crippen LogP contribution in [-0.2, 0) is 0 Å². The zero-order valence-electron chi connectivity index (χ0n) is 16.5. The number of fused-ring (bicyclic) bond motifs is 1. The third-order valence-corrected chi connectivity index (χ3v) is 4.92. The van der Waals surface area contributed by atoms with E-state index in [1.807, 2.05) is 18.2 Å². The van der Waals surface area contributed by atoms with Crippen LogP contribution in [0.3, 0.4) is 0 Å². The number of hydrogen-bond acceptors (Lipinski definition) is 3. The first-order valence-electron chi connectivity index (χ1n) is 9.34. The molecule has 0 aliphatic carbocycles. The predicted molar refractivity (Wildman–Crippen MR) is 114 cm³/mol. The largest absolute Gasteiger partial charge is 0.497 e. The lowest BCUT2D eigenvalue weighted by atomic mass is 10.0. The van der Waals surface area contributed by atoms with Gasteiger partial charge in [-0.2, -0.15) is 0 Å². The molecule has 30 heavy (non-hydrogen) atoms. The molecule has 4 rings (SSSR count). The van der Waals surface area contributed by atoms with Gasteiger partial charge in [0, 0.05) is 29.6 Å². The van der Waals surface area contributed by atoms with E-state index < -0.39 is 11.7 Å². The number of nitrogens with zero attached hydrogens (tertiary/aromatic N) is 1. The average Bonchev–Trinajstić information content (AvgIpc) is 3.15. The van der Waals surface area contributed by atoms with Gasteiger partial charge in [-0.15, -0.1) is 0 Å². The van der Waals surface area contributed by atoms with Crippen LogP contribution in [-0.4, -0.2) is 23.2 Å². The van der Waals surface area contributed by atoms with Crippen LogP contribution in [0.1, 0.15) is 27.6 Å². The van der Waals surface area contributed by atoms with Crippen molar-refractivity contribution in [1.82, 2.24) is 4.40 Å². The number of rotatable bonds is 5. The highest BCUT2D eigenvalue weighted by molar-refractivity contribution is 6.16. The van der Waals surface area contributed by atoms with E-state index in [2.05, 4.69) is 5.32 Å². The summed E-state index contributed by atoms with van der Waals surface area (Å²) in [6.07, 6.45) is 3.29. The van der Waals surface area contributed by atoms with Crippen LogP contribution in [0.5, 0.6) is 5.75 Å². The maximum atomic E-state index is 15.1. The topological polar surface area (TPSA) is 59.8 Å². The maximum Gasteiger partial charge on any atom is 0.258 e. The molecular formula is C24H19FN2O3. The molecule has 6 heteroatoms. The number of halogens is 1. The van der Waals surface area contributed by atoms with Crippen LogP contribution < -0.4 is 10.1 Å². The number of benzene rings is 2. The molecular weight excluding hydrogens is 383 g/mol. The van der Waals surface area contributed by atoms with Crippen molar-refractivity contribution < 1.29 is 18.7 Å². The zero-order valence-corrected chi connectivity index (χ0v) is 16.5. The first-order chi connectivity index (χ1) is 14.5. The van der Waals surface area contributed by atoms with Gasteiger partial charge in [0.05, 0.1) is 23.9 Å². The summed E-state index contributed by atoms with van der Waals surface area (Å²) in [5.41, 5.74) is 2.04. The Morgan fingerprint density at radius 2 is 1.80 bits per heavy atom. The third-order valence-electron chi connectivity index (χ3n) is 4.92. The Kier molecular flexibility index (Phi) is 5.06. The molecule has 0 saturated heterocycles. The van der Waals surface area contributed by atoms with Crippen molar-refractivity contribution in [3.8, 4) is 16.9 Å². The second-order valence-electron chi connectivity index (χ2n) is 6.82. The predicted octanol–water partition coefficient (Wildman–Crippen LogP) is 5.21. The minimum Gasteiger partial charge on any atom is -0.497 e. The fourth-order valence-electron chi connectivity index (χ4n) is 3.43. The number of ketones is 1. The fraction of sp³-hybridized carbons (Fsp3) is 0.0833. The van der Waals surface area contributed by atoms with Crippen molar-refractivity contribution in [2.45, 2.75) is 6.92 Å². The summed E-state index contributed by atoms with van der Waals surface area (Å²) < 4.78 is 22.1. The number of ether oxygens (including phenoxy) is 1. The maximum absolute atomic E-state index is 15.1. The van der Waals surface area contributed by atoms with Gasteiger partial charge in [-0.1, -0.05) is 42.5 Å². The van der Waals surface area contributed by atoms with Gasteiger partial charge in [0.2, 0.25) is 0 Å². The Hall–Kier alpha value is -3.93. The first-order valence-corrected chi connectivity index (χ1v) is 9.34. The molecule has 0 bridgehead atoms. The van der Waals surface area contributed by atoms with E-state index in [1.165, 1.54) is 20.1 Å². The Morgan fingerprint density at radius 1 is 1.03 bits per heavy atom. The standard InChI is InChI=1S/C24H19FN2O3/c1-15(28)19-14-27-12-11-17(30-2)13-21(27)22(19)24(29)26-20-10-6-9-18(23(20)25)16-7-4-3-5-8-16/h3-14H,1-2H3,(H,26,29). The van der Waals surface area contributed by atoms with E-state index in [0.29, 0.717) is 22.4 Å². The van der Waals surface area contributed by atoms with Crippen molar-refractivity contribution >= 4 is 22.9 Å². The number of hydrogen-bond donors (Lipinski definition) is 1. The normalized spacial score (nSPS) is 10.8. The van der Waals surface area contributed by atoms with E-state index in [1.54, 1.807) is 53.2 Å². The molecule has 0 spiro atoms. The highest BCUT2D eigenvalue weighted by Crippen LogP contribution is 2.29. The Morgan fingerprint density at radius 3 is 2.50 bits per heavy atom. The van der Waals surface area contributed by atoms with Gasteiger partial charge in [0.1, 0.15) is 5.75 Å². The number of amides is 1. The van der Waals surface area contributed by atoms with Crippen LogP contribution >= 0.6 is 0 Å². The van der Waals surface area contributed by atoms with Gasteiger partial charge in [-0.25, -0.2) is 4.39 Å². The first kappa shape index (κ1) is 19.4. The number of anilines is 1. The number of carbonyl (C=O) groups excluding carboxylic acids is 2. The molecule has 0 aliphatic rings. The molecule has 0 fully saturated rings. The van der Waals surface area contributed by atoms with Crippen molar-refractivity contribution in [2.75, 3.05) is 12.4 Å². The number of carbonyl (C=O) groups is 2. The van der Waals surface area contributed by atoms with Crippen LogP contribution in [0.15, 0.2) is 73.1 Å². The third kappa shape index (κ3) is 3.43. The van der Waals surface area contributed by atoms with Gasteiger partial charge < -0.3 is 14.5 Å². The van der Waals surface area contributed by atoms with Crippen molar-refractivity contribution in [3.63, 3.8) is 0 Å². The van der Waals surface area contributed by atoms with Gasteiger partial charge >= 0.3 is 0 Å². The van der Waals surface area contributed by atoms with Crippen LogP contribution in [0.4, 0.5) is 10.1 Å². The van der Waals surface area contributed by atoms with Crippen molar-refractivity contribution in [1.29, 1.82) is 0 Å². The summed E-state index contributed by atoms with van der Waals surface area (Å²) in [5.74, 6) is -0.828. The minimum absolute atomic E-state index is 0.0399. The molecule has 1 N–H and O–H groups in total. The van der Waals surface area contributed by atoms with E-state index in [-0.39, 0.29) is 22.6 Å². The highest BCUT2D eigenvalue weighted by atomic mass is 19.1. The highest BCUT2D eigenvalue weighted by Gasteiger charge is 2.22. The lowest BCUT2D eigenvalue weighted by Crippen LogP contribution is -2.16. The smallest absolute Gasteiger partial charge is 0.258 e. The van der Waals surface area contributed by atoms with E-state index in [9.17, 15) is 9.59 Å². The molecule has 2 heterocycles. The number of pyridine rings is 1. The van der Waals surface area contributed by atoms with E-state index >= 15 is 4.39 Å². The minimum atomic E-state index is -0.569. The molecule has 2 aromatic heterocycles. The van der Waals surface area contributed by atoms with Gasteiger partial charge in [-0.3, -0.25) is 9.59 Å². The summed E-state index contributed by atoms with van der Waals surface area (Å²) in [5, 5.41) is 2.63. The fourth-order valence-corrected chi connectivity index (χ4v) is 3.43. The molecule has 0 aliphatic heterocycles. The molecule has 150 valence electrons. The molecule has 0 unspecified atom stereocenters. The molecule has 2 aromatic carbocycles. The Balaban J connectivity index is 1.77. The molecule has 0 saturated carbocycles. The monoisotopic (exact) mass is 402 g/mol. The van der Waals surface area contributed by atoms with Crippen molar-refractivity contribution in [2.24, 2.45) is 0 Å². The number of nitrogens with one attached hydrogen (secondary N) is 1. The lowest BCUT2D eigenvalue weighted by molar-refractivity contribution is 0.0987. The van der Waals surface area contributed by atoms with E-state index in [4.69, 9.17) is 4.74 Å². The lowest BCUT2D eigenvalue weighted by Gasteiger charge is -2.11. The van der Waals surface area contributed by atoms with Crippen LogP contribution in [0.25, 0.3) is 16.6 Å². The number of Topliss-reactive ketones (excluding diaryl/α,β-unsaturated/α-hetero) is 1. The SMILES string of the molecule is COc1ccn2cc(C(C)=O)c(C(=O)Nc3cccc(-c4ccccc4)c3F)c2c1. The van der Waals surface area contributed by atoms with Crippen LogP contribution in [0, 0.1) is 5.82 Å². The quantitative estimate of drug-likeness (QED) is 0.466. The number of methoxy groups -OCH3 is 1. The molecule has 1 amide bonds. The van der Waals surface area contributed by atoms with Crippen molar-refractivity contribution in [3.05, 3.63) is 90.0 Å². The second kappa shape index (κ2) is 7.83. The summed E-state index contributed by atoms with van der Waals surface area (Å²) in [6.45, 7) is 1.39. The van der Waals surface area contributed by atoms with Gasteiger partial charge in [0.15, 0.2) is 11.6 Å². The summed E-state index contributed by atoms with van der Waals surface area (Å²) in [6, 6.07) is 17.3. The Labute approximate surface area is 172 Å². The molecule has 0 atom stereocenters. The van der Waals surface area contributed by atoms with E-state index in [0.717, 1.165) is 0 Å². The van der Waals surface area contributed by atoms with Gasteiger partial charge in [0.25, 0.3) is 5.91 Å². The summed E-state index contributed by atoms with van der Waals surface area (Å²) in [7, 11) is 1.52. The van der Waals surface area contributed by atoms with Gasteiger partial charge in [-0.05, 0) is 24.6 Å². The van der Waals surface area contributed by atoms with Crippen LogP contribution in [0.2, 0.25) is 0 Å². The number of aromatic nitrogens is 1. The average molecular weight is 402 g/mol. The zero-order chi connectivity index (χ0) is 21.3. The summed E-state index contributed by atoms with van der Waals surface area (Å²) >= 11 is 0. The Bertz CT molecular complexity index is 1260.